The molecule has 2 heterocycles. The van der Waals surface area contributed by atoms with Crippen molar-refractivity contribution in [2.75, 3.05) is 26.7 Å². The highest BCUT2D eigenvalue weighted by molar-refractivity contribution is 5.87. The Hall–Kier alpha value is -3.51. The molecule has 1 N–H and O–H groups in total. The first-order valence-corrected chi connectivity index (χ1v) is 10.8. The molecule has 6 heteroatoms. The normalized spacial score (nSPS) is 18.2. The van der Waals surface area contributed by atoms with E-state index in [1.165, 1.54) is 0 Å². The van der Waals surface area contributed by atoms with Crippen molar-refractivity contribution < 1.29 is 14.3 Å². The van der Waals surface area contributed by atoms with E-state index in [9.17, 15) is 9.59 Å². The first-order valence-electron chi connectivity index (χ1n) is 10.8. The number of hydrogen-bond donors (Lipinski definition) is 1. The Morgan fingerprint density at radius 1 is 1.00 bits per heavy atom. The van der Waals surface area contributed by atoms with Crippen LogP contribution in [0.4, 0.5) is 0 Å². The minimum Gasteiger partial charge on any atom is -0.361 e. The van der Waals surface area contributed by atoms with E-state index >= 15 is 0 Å². The number of benzene rings is 2. The van der Waals surface area contributed by atoms with Crippen molar-refractivity contribution in [2.24, 2.45) is 0 Å². The lowest BCUT2D eigenvalue weighted by atomic mass is 9.89. The van der Waals surface area contributed by atoms with Gasteiger partial charge in [0, 0.05) is 32.4 Å². The molecule has 0 bridgehead atoms. The van der Waals surface area contributed by atoms with Gasteiger partial charge in [0.15, 0.2) is 5.60 Å². The number of nitrogens with one attached hydrogen (secondary N) is 1. The number of hydrogen-bond acceptors (Lipinski definition) is 4. The van der Waals surface area contributed by atoms with Crippen molar-refractivity contribution in [3.63, 3.8) is 0 Å². The number of carbonyl (C=O) groups excluding carboxylic acids is 2. The summed E-state index contributed by atoms with van der Waals surface area (Å²) in [6.07, 6.45) is 4.20. The predicted octanol–water partition coefficient (Wildman–Crippen LogP) is 2.88. The molecule has 1 aliphatic heterocycles. The van der Waals surface area contributed by atoms with Crippen LogP contribution < -0.4 is 5.32 Å². The van der Waals surface area contributed by atoms with E-state index in [1.807, 2.05) is 60.7 Å². The van der Waals surface area contributed by atoms with Crippen LogP contribution in [0.5, 0.6) is 0 Å². The number of rotatable bonds is 6. The van der Waals surface area contributed by atoms with Crippen LogP contribution in [0.3, 0.4) is 0 Å². The van der Waals surface area contributed by atoms with Crippen LogP contribution >= 0.6 is 0 Å². The highest BCUT2D eigenvalue weighted by Crippen LogP contribution is 2.27. The van der Waals surface area contributed by atoms with Crippen LogP contribution in [0, 0.1) is 0 Å². The average Bonchev–Trinajstić information content (AvgIpc) is 2.85. The quantitative estimate of drug-likeness (QED) is 0.654. The Kier molecular flexibility index (Phi) is 6.61. The topological polar surface area (TPSA) is 71.5 Å². The van der Waals surface area contributed by atoms with Crippen molar-refractivity contribution in [1.82, 2.24) is 15.2 Å². The number of morpholine rings is 1. The predicted molar refractivity (Wildman–Crippen MR) is 123 cm³/mol. The second-order valence-electron chi connectivity index (χ2n) is 8.01. The van der Waals surface area contributed by atoms with Crippen LogP contribution in [0.15, 0.2) is 79.1 Å². The highest BCUT2D eigenvalue weighted by Gasteiger charge is 2.44. The first-order chi connectivity index (χ1) is 15.6. The molecule has 0 saturated carbocycles. The largest absolute Gasteiger partial charge is 0.361 e. The molecule has 2 amide bonds. The van der Waals surface area contributed by atoms with Crippen LogP contribution in [0.1, 0.15) is 11.1 Å². The summed E-state index contributed by atoms with van der Waals surface area (Å²) in [4.78, 5) is 31.8. The molecule has 1 aromatic heterocycles. The summed E-state index contributed by atoms with van der Waals surface area (Å²) < 4.78 is 6.08. The second kappa shape index (κ2) is 9.75. The van der Waals surface area contributed by atoms with Gasteiger partial charge in [-0.15, -0.1) is 0 Å². The Balaban J connectivity index is 1.56. The van der Waals surface area contributed by atoms with Crippen LogP contribution in [0.25, 0.3) is 11.1 Å². The molecule has 1 atom stereocenters. The fraction of sp³-hybridized carbons (Fsp3) is 0.269. The van der Waals surface area contributed by atoms with Gasteiger partial charge in [-0.3, -0.25) is 14.6 Å². The summed E-state index contributed by atoms with van der Waals surface area (Å²) >= 11 is 0. The summed E-state index contributed by atoms with van der Waals surface area (Å²) in [5, 5.41) is 2.74. The average molecular weight is 430 g/mol. The minimum absolute atomic E-state index is 0.00156. The van der Waals surface area contributed by atoms with Gasteiger partial charge in [0.2, 0.25) is 5.91 Å². The molecular formula is C26H27N3O3. The SMILES string of the molecule is CNC(=O)[C@]1(Cc2cccc(-c3ccncc3)c2)CN(C(=O)Cc2ccccc2)CCO1. The molecule has 0 spiro atoms. The van der Waals surface area contributed by atoms with Crippen LogP contribution in [-0.4, -0.2) is 54.0 Å². The molecule has 32 heavy (non-hydrogen) atoms. The third-order valence-electron chi connectivity index (χ3n) is 5.81. The fourth-order valence-corrected chi connectivity index (χ4v) is 4.17. The van der Waals surface area contributed by atoms with E-state index in [2.05, 4.69) is 16.4 Å². The Morgan fingerprint density at radius 2 is 1.75 bits per heavy atom. The van der Waals surface area contributed by atoms with E-state index in [0.717, 1.165) is 22.3 Å². The van der Waals surface area contributed by atoms with E-state index in [1.54, 1.807) is 24.3 Å². The van der Waals surface area contributed by atoms with Gasteiger partial charge >= 0.3 is 0 Å². The zero-order valence-electron chi connectivity index (χ0n) is 18.2. The van der Waals surface area contributed by atoms with Crippen molar-refractivity contribution in [2.45, 2.75) is 18.4 Å². The lowest BCUT2D eigenvalue weighted by Gasteiger charge is -2.41. The van der Waals surface area contributed by atoms with Gasteiger partial charge in [0.05, 0.1) is 19.6 Å². The fourth-order valence-electron chi connectivity index (χ4n) is 4.17. The van der Waals surface area contributed by atoms with E-state index in [4.69, 9.17) is 4.74 Å². The third kappa shape index (κ3) is 4.86. The molecule has 0 unspecified atom stereocenters. The standard InChI is InChI=1S/C26H27N3O3/c1-27-25(31)26(18-21-8-5-9-23(16-21)22-10-12-28-13-11-22)19-29(14-15-32-26)24(30)17-20-6-3-2-4-7-20/h2-13,16H,14-15,17-19H2,1H3,(H,27,31)/t26-/m0/s1. The molecule has 4 rings (SSSR count). The van der Waals surface area contributed by atoms with E-state index in [0.29, 0.717) is 26.0 Å². The maximum atomic E-state index is 13.0. The van der Waals surface area contributed by atoms with Gasteiger partial charge in [-0.2, -0.15) is 0 Å². The first kappa shape index (κ1) is 21.7. The molecule has 3 aromatic rings. The maximum absolute atomic E-state index is 13.0. The highest BCUT2D eigenvalue weighted by atomic mass is 16.5. The summed E-state index contributed by atoms with van der Waals surface area (Å²) in [5.41, 5.74) is 2.90. The summed E-state index contributed by atoms with van der Waals surface area (Å²) in [7, 11) is 1.60. The lowest BCUT2D eigenvalue weighted by molar-refractivity contribution is -0.165. The van der Waals surface area contributed by atoms with Gasteiger partial charge in [0.1, 0.15) is 0 Å². The number of amides is 2. The van der Waals surface area contributed by atoms with Crippen LogP contribution in [-0.2, 0) is 27.2 Å². The number of pyridine rings is 1. The van der Waals surface area contributed by atoms with Gasteiger partial charge in [-0.1, -0.05) is 54.6 Å². The lowest BCUT2D eigenvalue weighted by Crippen LogP contribution is -2.61. The summed E-state index contributed by atoms with van der Waals surface area (Å²) in [6, 6.07) is 21.6. The van der Waals surface area contributed by atoms with E-state index < -0.39 is 5.60 Å². The third-order valence-corrected chi connectivity index (χ3v) is 5.81. The van der Waals surface area contributed by atoms with E-state index in [-0.39, 0.29) is 18.4 Å². The monoisotopic (exact) mass is 429 g/mol. The smallest absolute Gasteiger partial charge is 0.254 e. The van der Waals surface area contributed by atoms with Gasteiger partial charge < -0.3 is 15.0 Å². The molecule has 0 aliphatic carbocycles. The zero-order chi connectivity index (χ0) is 22.4. The molecule has 1 fully saturated rings. The van der Waals surface area contributed by atoms with Gasteiger partial charge in [-0.05, 0) is 34.4 Å². The molecule has 0 radical (unpaired) electrons. The Bertz CT molecular complexity index is 1070. The second-order valence-corrected chi connectivity index (χ2v) is 8.01. The Morgan fingerprint density at radius 3 is 2.50 bits per heavy atom. The molecule has 1 aliphatic rings. The number of carbonyl (C=O) groups is 2. The van der Waals surface area contributed by atoms with Crippen LogP contribution in [0.2, 0.25) is 0 Å². The molecule has 1 saturated heterocycles. The van der Waals surface area contributed by atoms with Crippen molar-refractivity contribution in [3.8, 4) is 11.1 Å². The molecule has 6 nitrogen and oxygen atoms in total. The zero-order valence-corrected chi connectivity index (χ0v) is 18.2. The van der Waals surface area contributed by atoms with Gasteiger partial charge in [0.25, 0.3) is 5.91 Å². The molecule has 164 valence electrons. The molecular weight excluding hydrogens is 402 g/mol. The maximum Gasteiger partial charge on any atom is 0.254 e. The number of likely N-dealkylation sites (N-methyl/N-ethyl adjacent to an activating group) is 1. The summed E-state index contributed by atoms with van der Waals surface area (Å²) in [6.45, 7) is 1.01. The molecule has 2 aromatic carbocycles. The van der Waals surface area contributed by atoms with Crippen molar-refractivity contribution in [1.29, 1.82) is 0 Å². The number of aromatic nitrogens is 1. The van der Waals surface area contributed by atoms with Crippen molar-refractivity contribution in [3.05, 3.63) is 90.3 Å². The van der Waals surface area contributed by atoms with Gasteiger partial charge in [-0.25, -0.2) is 0 Å². The number of ether oxygens (including phenoxy) is 1. The number of nitrogens with zero attached hydrogens (tertiary/aromatic N) is 2. The minimum atomic E-state index is -1.13. The summed E-state index contributed by atoms with van der Waals surface area (Å²) in [5.74, 6) is -0.220. The Labute approximate surface area is 188 Å². The van der Waals surface area contributed by atoms with Crippen molar-refractivity contribution >= 4 is 11.8 Å².